The molecule has 0 aliphatic heterocycles. The number of hydrogen-bond acceptors (Lipinski definition) is 2. The lowest BCUT2D eigenvalue weighted by Gasteiger charge is -2.33. The van der Waals surface area contributed by atoms with Crippen LogP contribution in [0.2, 0.25) is 0 Å². The summed E-state index contributed by atoms with van der Waals surface area (Å²) >= 11 is 12.4. The van der Waals surface area contributed by atoms with E-state index >= 15 is 0 Å². The van der Waals surface area contributed by atoms with Crippen molar-refractivity contribution in [2.75, 3.05) is 27.2 Å². The van der Waals surface area contributed by atoms with E-state index in [1.54, 1.807) is 0 Å². The summed E-state index contributed by atoms with van der Waals surface area (Å²) in [5.41, 5.74) is 0. The van der Waals surface area contributed by atoms with Gasteiger partial charge in [-0.1, -0.05) is 13.8 Å². The lowest BCUT2D eigenvalue weighted by Crippen LogP contribution is -2.54. The van der Waals surface area contributed by atoms with Crippen LogP contribution in [-0.2, 0) is 0 Å². The summed E-state index contributed by atoms with van der Waals surface area (Å²) < 4.78 is 4.03. The molecule has 0 aromatic rings. The van der Waals surface area contributed by atoms with Crippen molar-refractivity contribution in [1.29, 1.82) is 0 Å². The molecule has 11 heavy (non-hydrogen) atoms. The van der Waals surface area contributed by atoms with E-state index < -0.39 is 7.02 Å². The first kappa shape index (κ1) is 11.7. The van der Waals surface area contributed by atoms with Crippen LogP contribution in [0.4, 0.5) is 0 Å². The van der Waals surface area contributed by atoms with Gasteiger partial charge < -0.3 is 0 Å². The standard InChI is InChI=1S/C6H16Cl2N2Si/c1-5-9(3)11(7,8)10(4)6-2/h5-6H2,1-4H3. The first-order valence-corrected chi connectivity index (χ1v) is 7.68. The van der Waals surface area contributed by atoms with Crippen molar-refractivity contribution >= 4 is 29.2 Å². The first-order chi connectivity index (χ1) is 4.96. The molecular weight excluding hydrogens is 199 g/mol. The van der Waals surface area contributed by atoms with Crippen LogP contribution in [0.15, 0.2) is 0 Å². The SMILES string of the molecule is CCN(C)[Si](Cl)(Cl)N(C)CC. The van der Waals surface area contributed by atoms with Crippen LogP contribution in [0.5, 0.6) is 0 Å². The zero-order valence-electron chi connectivity index (χ0n) is 7.56. The maximum atomic E-state index is 6.19. The molecule has 0 fully saturated rings. The molecule has 0 bridgehead atoms. The Bertz CT molecular complexity index is 109. The van der Waals surface area contributed by atoms with Crippen LogP contribution < -0.4 is 0 Å². The van der Waals surface area contributed by atoms with Crippen molar-refractivity contribution in [3.05, 3.63) is 0 Å². The Balaban J connectivity index is 4.18. The van der Waals surface area contributed by atoms with Gasteiger partial charge in [0.15, 0.2) is 0 Å². The highest BCUT2D eigenvalue weighted by Gasteiger charge is 2.37. The predicted octanol–water partition coefficient (Wildman–Crippen LogP) is 1.80. The maximum absolute atomic E-state index is 6.19. The Morgan fingerprint density at radius 2 is 1.27 bits per heavy atom. The Labute approximate surface area is 79.6 Å². The van der Waals surface area contributed by atoms with Crippen LogP contribution >= 0.6 is 22.2 Å². The van der Waals surface area contributed by atoms with Crippen molar-refractivity contribution < 1.29 is 0 Å². The average Bonchev–Trinajstić information content (AvgIpc) is 2.01. The second-order valence-corrected chi connectivity index (χ2v) is 8.83. The Morgan fingerprint density at radius 3 is 1.45 bits per heavy atom. The molecule has 0 aromatic carbocycles. The van der Waals surface area contributed by atoms with Gasteiger partial charge in [0.2, 0.25) is 0 Å². The van der Waals surface area contributed by atoms with Crippen LogP contribution in [-0.4, -0.2) is 43.3 Å². The fraction of sp³-hybridized carbons (Fsp3) is 1.00. The number of hydrogen-bond donors (Lipinski definition) is 0. The zero-order valence-corrected chi connectivity index (χ0v) is 10.1. The minimum absolute atomic E-state index is 0.892. The molecule has 0 aliphatic carbocycles. The van der Waals surface area contributed by atoms with E-state index in [0.717, 1.165) is 13.1 Å². The molecule has 0 atom stereocenters. The molecule has 0 saturated carbocycles. The van der Waals surface area contributed by atoms with Crippen molar-refractivity contribution in [3.63, 3.8) is 0 Å². The highest BCUT2D eigenvalue weighted by atomic mass is 35.7. The van der Waals surface area contributed by atoms with Crippen LogP contribution in [0.1, 0.15) is 13.8 Å². The van der Waals surface area contributed by atoms with E-state index in [2.05, 4.69) is 13.8 Å². The van der Waals surface area contributed by atoms with E-state index in [1.807, 2.05) is 23.2 Å². The summed E-state index contributed by atoms with van der Waals surface area (Å²) in [5, 5.41) is 0. The van der Waals surface area contributed by atoms with Gasteiger partial charge in [0.25, 0.3) is 0 Å². The fourth-order valence-corrected chi connectivity index (χ4v) is 3.45. The molecule has 0 radical (unpaired) electrons. The van der Waals surface area contributed by atoms with E-state index in [4.69, 9.17) is 22.2 Å². The predicted molar refractivity (Wildman–Crippen MR) is 54.1 cm³/mol. The highest BCUT2D eigenvalue weighted by Crippen LogP contribution is 2.21. The van der Waals surface area contributed by atoms with Gasteiger partial charge in [-0.15, -0.1) is 22.2 Å². The third kappa shape index (κ3) is 2.91. The summed E-state index contributed by atoms with van der Waals surface area (Å²) in [4.78, 5) is 0. The molecule has 5 heteroatoms. The summed E-state index contributed by atoms with van der Waals surface area (Å²) in [7, 11) is 1.61. The highest BCUT2D eigenvalue weighted by molar-refractivity contribution is 7.42. The average molecular weight is 215 g/mol. The summed E-state index contributed by atoms with van der Waals surface area (Å²) in [6.07, 6.45) is 0. The number of rotatable bonds is 4. The quantitative estimate of drug-likeness (QED) is 0.521. The molecule has 0 amide bonds. The van der Waals surface area contributed by atoms with Crippen LogP contribution in [0, 0.1) is 0 Å². The molecule has 2 nitrogen and oxygen atoms in total. The van der Waals surface area contributed by atoms with E-state index in [0.29, 0.717) is 0 Å². The summed E-state index contributed by atoms with van der Waals surface area (Å²) in [5.74, 6) is 0. The van der Waals surface area contributed by atoms with Crippen LogP contribution in [0.25, 0.3) is 0 Å². The molecule has 0 aromatic heterocycles. The summed E-state index contributed by atoms with van der Waals surface area (Å²) in [6.45, 7) is 5.89. The Kier molecular flexibility index (Phi) is 4.98. The molecule has 0 N–H and O–H groups in total. The van der Waals surface area contributed by atoms with Gasteiger partial charge in [-0.3, -0.25) is 9.13 Å². The van der Waals surface area contributed by atoms with Gasteiger partial charge in [-0.2, -0.15) is 0 Å². The fourth-order valence-electron chi connectivity index (χ4n) is 0.672. The van der Waals surface area contributed by atoms with Gasteiger partial charge in [-0.25, -0.2) is 0 Å². The lowest BCUT2D eigenvalue weighted by atomic mass is 10.8. The van der Waals surface area contributed by atoms with Gasteiger partial charge in [0.1, 0.15) is 0 Å². The molecule has 0 heterocycles. The van der Waals surface area contributed by atoms with Crippen molar-refractivity contribution in [2.24, 2.45) is 0 Å². The third-order valence-corrected chi connectivity index (χ3v) is 7.80. The van der Waals surface area contributed by atoms with E-state index in [9.17, 15) is 0 Å². The molecular formula is C6H16Cl2N2Si. The second kappa shape index (κ2) is 4.67. The number of halogens is 2. The molecule has 0 aliphatic rings. The largest absolute Gasteiger partial charge is 0.408 e. The normalized spacial score (nSPS) is 13.1. The van der Waals surface area contributed by atoms with Gasteiger partial charge in [-0.05, 0) is 27.2 Å². The maximum Gasteiger partial charge on any atom is 0.408 e. The van der Waals surface area contributed by atoms with Crippen molar-refractivity contribution in [2.45, 2.75) is 13.8 Å². The smallest absolute Gasteiger partial charge is 0.291 e. The van der Waals surface area contributed by atoms with Crippen molar-refractivity contribution in [1.82, 2.24) is 9.13 Å². The first-order valence-electron chi connectivity index (χ1n) is 3.77. The van der Waals surface area contributed by atoms with Crippen molar-refractivity contribution in [3.8, 4) is 0 Å². The monoisotopic (exact) mass is 214 g/mol. The summed E-state index contributed by atoms with van der Waals surface area (Å²) in [6, 6.07) is 0. The molecule has 0 unspecified atom stereocenters. The minimum atomic E-state index is -2.30. The van der Waals surface area contributed by atoms with E-state index in [1.165, 1.54) is 0 Å². The molecule has 68 valence electrons. The second-order valence-electron chi connectivity index (χ2n) is 2.54. The molecule has 0 saturated heterocycles. The topological polar surface area (TPSA) is 6.48 Å². The minimum Gasteiger partial charge on any atom is -0.291 e. The van der Waals surface area contributed by atoms with E-state index in [-0.39, 0.29) is 0 Å². The van der Waals surface area contributed by atoms with Gasteiger partial charge >= 0.3 is 7.02 Å². The third-order valence-electron chi connectivity index (χ3n) is 1.87. The Morgan fingerprint density at radius 1 is 1.00 bits per heavy atom. The number of nitrogens with zero attached hydrogens (tertiary/aromatic N) is 2. The van der Waals surface area contributed by atoms with Gasteiger partial charge in [0.05, 0.1) is 0 Å². The lowest BCUT2D eigenvalue weighted by molar-refractivity contribution is 0.450. The van der Waals surface area contributed by atoms with Crippen LogP contribution in [0.3, 0.4) is 0 Å². The van der Waals surface area contributed by atoms with Gasteiger partial charge in [0, 0.05) is 0 Å². The molecule has 0 spiro atoms. The zero-order chi connectivity index (χ0) is 9.07. The molecule has 0 rings (SSSR count). The Hall–Kier alpha value is 0.717.